The van der Waals surface area contributed by atoms with Crippen molar-refractivity contribution >= 4 is 10.8 Å². The quantitative estimate of drug-likeness (QED) is 0.791. The number of ether oxygens (including phenoxy) is 2. The van der Waals surface area contributed by atoms with Crippen LogP contribution >= 0.6 is 0 Å². The standard InChI is InChI=1S/C19H23NO2/c1-2-11-22-19-10-9-15-6-3-4-8-17(15)18(19)14-20-13-16-7-5-12-21-16/h2-4,6,8-10,16,20H,1,5,7,11-14H2/t16-/m0/s1. The Morgan fingerprint density at radius 1 is 1.27 bits per heavy atom. The summed E-state index contributed by atoms with van der Waals surface area (Å²) in [7, 11) is 0. The summed E-state index contributed by atoms with van der Waals surface area (Å²) >= 11 is 0. The largest absolute Gasteiger partial charge is 0.489 e. The van der Waals surface area contributed by atoms with Crippen LogP contribution in [0.3, 0.4) is 0 Å². The topological polar surface area (TPSA) is 30.5 Å². The molecule has 0 spiro atoms. The van der Waals surface area contributed by atoms with Crippen LogP contribution in [0.25, 0.3) is 10.8 Å². The average Bonchev–Trinajstić information content (AvgIpc) is 3.07. The van der Waals surface area contributed by atoms with Crippen LogP contribution in [0.5, 0.6) is 5.75 Å². The number of hydrogen-bond acceptors (Lipinski definition) is 3. The van der Waals surface area contributed by atoms with Crippen LogP contribution in [0.4, 0.5) is 0 Å². The van der Waals surface area contributed by atoms with Gasteiger partial charge >= 0.3 is 0 Å². The highest BCUT2D eigenvalue weighted by Crippen LogP contribution is 2.28. The summed E-state index contributed by atoms with van der Waals surface area (Å²) < 4.78 is 11.5. The van der Waals surface area contributed by atoms with Crippen LogP contribution in [0, 0.1) is 0 Å². The summed E-state index contributed by atoms with van der Waals surface area (Å²) in [6, 6.07) is 12.6. The lowest BCUT2D eigenvalue weighted by Gasteiger charge is -2.16. The van der Waals surface area contributed by atoms with Gasteiger partial charge in [0.25, 0.3) is 0 Å². The van der Waals surface area contributed by atoms with Gasteiger partial charge < -0.3 is 14.8 Å². The van der Waals surface area contributed by atoms with Gasteiger partial charge in [-0.05, 0) is 29.7 Å². The molecule has 116 valence electrons. The van der Waals surface area contributed by atoms with Crippen molar-refractivity contribution in [3.05, 3.63) is 54.6 Å². The minimum atomic E-state index is 0.354. The lowest BCUT2D eigenvalue weighted by atomic mass is 10.0. The molecule has 0 aliphatic carbocycles. The zero-order valence-electron chi connectivity index (χ0n) is 12.9. The number of rotatable bonds is 7. The molecule has 3 heteroatoms. The fraction of sp³-hybridized carbons (Fsp3) is 0.368. The first kappa shape index (κ1) is 15.1. The molecule has 0 unspecified atom stereocenters. The maximum atomic E-state index is 5.83. The Morgan fingerprint density at radius 2 is 2.18 bits per heavy atom. The highest BCUT2D eigenvalue weighted by Gasteiger charge is 2.15. The molecule has 1 aliphatic rings. The van der Waals surface area contributed by atoms with Crippen molar-refractivity contribution in [2.45, 2.75) is 25.5 Å². The molecule has 1 saturated heterocycles. The first-order chi connectivity index (χ1) is 10.9. The average molecular weight is 297 g/mol. The van der Waals surface area contributed by atoms with E-state index in [1.165, 1.54) is 22.8 Å². The van der Waals surface area contributed by atoms with Crippen molar-refractivity contribution in [3.8, 4) is 5.75 Å². The van der Waals surface area contributed by atoms with Gasteiger partial charge in [0.1, 0.15) is 12.4 Å². The zero-order valence-corrected chi connectivity index (χ0v) is 12.9. The minimum absolute atomic E-state index is 0.354. The van der Waals surface area contributed by atoms with E-state index in [1.807, 2.05) is 0 Å². The van der Waals surface area contributed by atoms with E-state index < -0.39 is 0 Å². The molecule has 1 atom stereocenters. The first-order valence-corrected chi connectivity index (χ1v) is 7.95. The summed E-state index contributed by atoms with van der Waals surface area (Å²) in [5.41, 5.74) is 1.21. The molecule has 0 radical (unpaired) electrons. The molecule has 3 nitrogen and oxygen atoms in total. The van der Waals surface area contributed by atoms with Crippen molar-refractivity contribution in [2.24, 2.45) is 0 Å². The van der Waals surface area contributed by atoms with Crippen molar-refractivity contribution < 1.29 is 9.47 Å². The van der Waals surface area contributed by atoms with Gasteiger partial charge in [-0.1, -0.05) is 43.0 Å². The van der Waals surface area contributed by atoms with E-state index in [4.69, 9.17) is 9.47 Å². The van der Waals surface area contributed by atoms with E-state index in [2.05, 4.69) is 48.3 Å². The number of benzene rings is 2. The van der Waals surface area contributed by atoms with Crippen molar-refractivity contribution in [3.63, 3.8) is 0 Å². The van der Waals surface area contributed by atoms with E-state index >= 15 is 0 Å². The molecular formula is C19H23NO2. The summed E-state index contributed by atoms with van der Waals surface area (Å²) in [5.74, 6) is 0.929. The van der Waals surface area contributed by atoms with Gasteiger partial charge in [-0.3, -0.25) is 0 Å². The minimum Gasteiger partial charge on any atom is -0.489 e. The molecular weight excluding hydrogens is 274 g/mol. The molecule has 2 aromatic carbocycles. The summed E-state index contributed by atoms with van der Waals surface area (Å²) in [6.45, 7) is 6.83. The van der Waals surface area contributed by atoms with Crippen LogP contribution < -0.4 is 10.1 Å². The highest BCUT2D eigenvalue weighted by molar-refractivity contribution is 5.87. The Bertz CT molecular complexity index is 632. The van der Waals surface area contributed by atoms with Crippen LogP contribution in [0.2, 0.25) is 0 Å². The third kappa shape index (κ3) is 3.49. The Kier molecular flexibility index (Phi) is 5.09. The second kappa shape index (κ2) is 7.43. The van der Waals surface area contributed by atoms with Gasteiger partial charge in [0, 0.05) is 25.3 Å². The zero-order chi connectivity index (χ0) is 15.2. The summed E-state index contributed by atoms with van der Waals surface area (Å²) in [5, 5.41) is 6.00. The molecule has 1 aliphatic heterocycles. The van der Waals surface area contributed by atoms with Crippen LogP contribution in [-0.4, -0.2) is 25.9 Å². The lowest BCUT2D eigenvalue weighted by molar-refractivity contribution is 0.110. The van der Waals surface area contributed by atoms with E-state index in [9.17, 15) is 0 Å². The van der Waals surface area contributed by atoms with Gasteiger partial charge in [-0.25, -0.2) is 0 Å². The Labute approximate surface area is 131 Å². The lowest BCUT2D eigenvalue weighted by Crippen LogP contribution is -2.26. The first-order valence-electron chi connectivity index (χ1n) is 7.95. The molecule has 2 aromatic rings. The molecule has 22 heavy (non-hydrogen) atoms. The van der Waals surface area contributed by atoms with Gasteiger partial charge in [0.15, 0.2) is 0 Å². The number of fused-ring (bicyclic) bond motifs is 1. The fourth-order valence-electron chi connectivity index (χ4n) is 2.95. The van der Waals surface area contributed by atoms with E-state index in [0.29, 0.717) is 12.7 Å². The van der Waals surface area contributed by atoms with Gasteiger partial charge in [-0.2, -0.15) is 0 Å². The molecule has 0 aromatic heterocycles. The predicted molar refractivity (Wildman–Crippen MR) is 90.3 cm³/mol. The van der Waals surface area contributed by atoms with E-state index in [0.717, 1.165) is 31.9 Å². The van der Waals surface area contributed by atoms with Crippen molar-refractivity contribution in [1.29, 1.82) is 0 Å². The second-order valence-corrected chi connectivity index (χ2v) is 5.63. The molecule has 1 heterocycles. The van der Waals surface area contributed by atoms with Gasteiger partial charge in [-0.15, -0.1) is 0 Å². The smallest absolute Gasteiger partial charge is 0.124 e. The normalized spacial score (nSPS) is 17.7. The monoisotopic (exact) mass is 297 g/mol. The Hall–Kier alpha value is -1.84. The van der Waals surface area contributed by atoms with Crippen LogP contribution in [0.15, 0.2) is 49.1 Å². The van der Waals surface area contributed by atoms with Gasteiger partial charge in [0.2, 0.25) is 0 Å². The number of hydrogen-bond donors (Lipinski definition) is 1. The molecule has 0 saturated carbocycles. The molecule has 3 rings (SSSR count). The molecule has 1 N–H and O–H groups in total. The fourth-order valence-corrected chi connectivity index (χ4v) is 2.95. The third-order valence-electron chi connectivity index (χ3n) is 4.05. The van der Waals surface area contributed by atoms with Gasteiger partial charge in [0.05, 0.1) is 6.10 Å². The third-order valence-corrected chi connectivity index (χ3v) is 4.05. The van der Waals surface area contributed by atoms with Crippen LogP contribution in [0.1, 0.15) is 18.4 Å². The summed E-state index contributed by atoms with van der Waals surface area (Å²) in [6.07, 6.45) is 4.46. The Morgan fingerprint density at radius 3 is 3.00 bits per heavy atom. The molecule has 0 amide bonds. The highest BCUT2D eigenvalue weighted by atomic mass is 16.5. The van der Waals surface area contributed by atoms with Crippen molar-refractivity contribution in [2.75, 3.05) is 19.8 Å². The SMILES string of the molecule is C=CCOc1ccc2ccccc2c1CNC[C@@H]1CCCO1. The number of nitrogens with one attached hydrogen (secondary N) is 1. The molecule has 1 fully saturated rings. The predicted octanol–water partition coefficient (Wildman–Crippen LogP) is 3.67. The molecule has 0 bridgehead atoms. The van der Waals surface area contributed by atoms with E-state index in [-0.39, 0.29) is 0 Å². The van der Waals surface area contributed by atoms with E-state index in [1.54, 1.807) is 6.08 Å². The Balaban J connectivity index is 1.78. The summed E-state index contributed by atoms with van der Waals surface area (Å²) in [4.78, 5) is 0. The second-order valence-electron chi connectivity index (χ2n) is 5.63. The van der Waals surface area contributed by atoms with Crippen LogP contribution in [-0.2, 0) is 11.3 Å². The maximum Gasteiger partial charge on any atom is 0.124 e. The van der Waals surface area contributed by atoms with Crippen molar-refractivity contribution in [1.82, 2.24) is 5.32 Å². The maximum absolute atomic E-state index is 5.83.